The van der Waals surface area contributed by atoms with Gasteiger partial charge in [-0.3, -0.25) is 4.79 Å². The van der Waals surface area contributed by atoms with Crippen LogP contribution in [0, 0.1) is 6.92 Å². The molecule has 0 saturated heterocycles. The monoisotopic (exact) mass is 348 g/mol. The maximum atomic E-state index is 12.3. The first-order valence-electron chi connectivity index (χ1n) is 7.98. The van der Waals surface area contributed by atoms with Crippen molar-refractivity contribution in [3.63, 3.8) is 0 Å². The third-order valence-corrected chi connectivity index (χ3v) is 3.66. The second-order valence-corrected chi connectivity index (χ2v) is 5.53. The highest BCUT2D eigenvalue weighted by Crippen LogP contribution is 2.22. The van der Waals surface area contributed by atoms with E-state index < -0.39 is 0 Å². The van der Waals surface area contributed by atoms with Crippen LogP contribution in [0.5, 0.6) is 5.75 Å². The van der Waals surface area contributed by atoms with Gasteiger partial charge in [-0.15, -0.1) is 12.4 Å². The van der Waals surface area contributed by atoms with Crippen LogP contribution in [0.1, 0.15) is 41.3 Å². The van der Waals surface area contributed by atoms with Gasteiger partial charge in [0, 0.05) is 17.8 Å². The summed E-state index contributed by atoms with van der Waals surface area (Å²) in [7, 11) is 0. The quantitative estimate of drug-likeness (QED) is 0.733. The van der Waals surface area contributed by atoms with E-state index >= 15 is 0 Å². The molecule has 2 rings (SSSR count). The SMILES string of the molecule is CCCCOc1ccc(NC(=O)c2ccc(CN)cc2)c(C)c1.Cl. The lowest BCUT2D eigenvalue weighted by atomic mass is 10.1. The molecule has 4 nitrogen and oxygen atoms in total. The van der Waals surface area contributed by atoms with Gasteiger partial charge in [0.25, 0.3) is 5.91 Å². The van der Waals surface area contributed by atoms with Gasteiger partial charge in [0.1, 0.15) is 5.75 Å². The Hall–Kier alpha value is -2.04. The summed E-state index contributed by atoms with van der Waals surface area (Å²) in [4.78, 5) is 12.3. The van der Waals surface area contributed by atoms with Gasteiger partial charge in [-0.25, -0.2) is 0 Å². The third-order valence-electron chi connectivity index (χ3n) is 3.66. The van der Waals surface area contributed by atoms with Gasteiger partial charge in [0.05, 0.1) is 6.61 Å². The van der Waals surface area contributed by atoms with E-state index in [9.17, 15) is 4.79 Å². The molecule has 0 bridgehead atoms. The maximum Gasteiger partial charge on any atom is 0.255 e. The lowest BCUT2D eigenvalue weighted by molar-refractivity contribution is 0.102. The zero-order valence-corrected chi connectivity index (χ0v) is 15.0. The minimum Gasteiger partial charge on any atom is -0.494 e. The van der Waals surface area contributed by atoms with Gasteiger partial charge < -0.3 is 15.8 Å². The zero-order chi connectivity index (χ0) is 16.7. The molecule has 0 fully saturated rings. The van der Waals surface area contributed by atoms with E-state index in [1.807, 2.05) is 37.3 Å². The van der Waals surface area contributed by atoms with E-state index in [0.717, 1.165) is 42.0 Å². The van der Waals surface area contributed by atoms with E-state index in [4.69, 9.17) is 10.5 Å². The molecule has 0 radical (unpaired) electrons. The Labute approximate surface area is 149 Å². The van der Waals surface area contributed by atoms with E-state index in [1.54, 1.807) is 12.1 Å². The number of carbonyl (C=O) groups excluding carboxylic acids is 1. The van der Waals surface area contributed by atoms with Crippen LogP contribution in [0.4, 0.5) is 5.69 Å². The molecule has 1 amide bonds. The Morgan fingerprint density at radius 3 is 2.46 bits per heavy atom. The van der Waals surface area contributed by atoms with Crippen molar-refractivity contribution in [3.8, 4) is 5.75 Å². The summed E-state index contributed by atoms with van der Waals surface area (Å²) in [6.45, 7) is 5.28. The highest BCUT2D eigenvalue weighted by Gasteiger charge is 2.08. The Bertz CT molecular complexity index is 657. The molecule has 0 unspecified atom stereocenters. The molecule has 0 aliphatic heterocycles. The highest BCUT2D eigenvalue weighted by molar-refractivity contribution is 6.04. The first kappa shape index (κ1) is 20.0. The fraction of sp³-hybridized carbons (Fsp3) is 0.316. The van der Waals surface area contributed by atoms with Crippen molar-refractivity contribution in [2.24, 2.45) is 5.73 Å². The standard InChI is InChI=1S/C19H24N2O2.ClH/c1-3-4-11-23-17-9-10-18(14(2)12-17)21-19(22)16-7-5-15(13-20)6-8-16;/h5-10,12H,3-4,11,13,20H2,1-2H3,(H,21,22);1H. The number of nitrogens with two attached hydrogens (primary N) is 1. The van der Waals surface area contributed by atoms with Crippen LogP contribution in [0.2, 0.25) is 0 Å². The van der Waals surface area contributed by atoms with Crippen LogP contribution in [0.3, 0.4) is 0 Å². The van der Waals surface area contributed by atoms with E-state index in [1.165, 1.54) is 0 Å². The smallest absolute Gasteiger partial charge is 0.255 e. The van der Waals surface area contributed by atoms with Crippen molar-refractivity contribution in [2.75, 3.05) is 11.9 Å². The zero-order valence-electron chi connectivity index (χ0n) is 14.2. The number of anilines is 1. The van der Waals surface area contributed by atoms with Gasteiger partial charge in [0.2, 0.25) is 0 Å². The second-order valence-electron chi connectivity index (χ2n) is 5.53. The summed E-state index contributed by atoms with van der Waals surface area (Å²) in [5.41, 5.74) is 8.96. The van der Waals surface area contributed by atoms with Crippen LogP contribution in [0.15, 0.2) is 42.5 Å². The number of hydrogen-bond donors (Lipinski definition) is 2. The number of nitrogens with one attached hydrogen (secondary N) is 1. The Kier molecular flexibility index (Phi) is 8.30. The number of hydrogen-bond acceptors (Lipinski definition) is 3. The molecule has 2 aromatic carbocycles. The molecule has 0 atom stereocenters. The predicted molar refractivity (Wildman–Crippen MR) is 101 cm³/mol. The molecule has 5 heteroatoms. The van der Waals surface area contributed by atoms with Crippen molar-refractivity contribution in [3.05, 3.63) is 59.2 Å². The summed E-state index contributed by atoms with van der Waals surface area (Å²) in [6, 6.07) is 13.0. The van der Waals surface area contributed by atoms with Gasteiger partial charge in [-0.1, -0.05) is 25.5 Å². The molecule has 24 heavy (non-hydrogen) atoms. The largest absolute Gasteiger partial charge is 0.494 e. The molecule has 0 aromatic heterocycles. The first-order chi connectivity index (χ1) is 11.1. The predicted octanol–water partition coefficient (Wildman–Crippen LogP) is 4.31. The van der Waals surface area contributed by atoms with Crippen molar-refractivity contribution in [1.82, 2.24) is 0 Å². The molecule has 0 heterocycles. The van der Waals surface area contributed by atoms with Crippen molar-refractivity contribution in [1.29, 1.82) is 0 Å². The van der Waals surface area contributed by atoms with Crippen LogP contribution < -0.4 is 15.8 Å². The van der Waals surface area contributed by atoms with Crippen molar-refractivity contribution < 1.29 is 9.53 Å². The first-order valence-corrected chi connectivity index (χ1v) is 7.98. The molecule has 2 aromatic rings. The van der Waals surface area contributed by atoms with Gasteiger partial charge in [-0.2, -0.15) is 0 Å². The number of ether oxygens (including phenoxy) is 1. The van der Waals surface area contributed by atoms with Gasteiger partial charge in [0.15, 0.2) is 0 Å². The molecule has 0 saturated carbocycles. The average Bonchev–Trinajstić information content (AvgIpc) is 2.57. The van der Waals surface area contributed by atoms with E-state index in [-0.39, 0.29) is 18.3 Å². The third kappa shape index (κ3) is 5.55. The number of rotatable bonds is 7. The topological polar surface area (TPSA) is 64.3 Å². The minimum absolute atomic E-state index is 0. The summed E-state index contributed by atoms with van der Waals surface area (Å²) >= 11 is 0. The van der Waals surface area contributed by atoms with Gasteiger partial charge in [-0.05, 0) is 54.8 Å². The lowest BCUT2D eigenvalue weighted by Crippen LogP contribution is -2.13. The average molecular weight is 349 g/mol. The van der Waals surface area contributed by atoms with Crippen molar-refractivity contribution >= 4 is 24.0 Å². The van der Waals surface area contributed by atoms with Crippen LogP contribution in [-0.4, -0.2) is 12.5 Å². The van der Waals surface area contributed by atoms with Crippen molar-refractivity contribution in [2.45, 2.75) is 33.2 Å². The van der Waals surface area contributed by atoms with E-state index in [2.05, 4.69) is 12.2 Å². The fourth-order valence-electron chi connectivity index (χ4n) is 2.19. The minimum atomic E-state index is -0.128. The lowest BCUT2D eigenvalue weighted by Gasteiger charge is -2.11. The molecule has 3 N–H and O–H groups in total. The fourth-order valence-corrected chi connectivity index (χ4v) is 2.19. The van der Waals surface area contributed by atoms with Crippen LogP contribution >= 0.6 is 12.4 Å². The summed E-state index contributed by atoms with van der Waals surface area (Å²) < 4.78 is 5.67. The second kappa shape index (κ2) is 9.96. The molecular formula is C19H25ClN2O2. The summed E-state index contributed by atoms with van der Waals surface area (Å²) in [6.07, 6.45) is 2.15. The number of amides is 1. The molecule has 0 aliphatic rings. The normalized spacial score (nSPS) is 9.96. The Morgan fingerprint density at radius 2 is 1.88 bits per heavy atom. The number of carbonyl (C=O) groups is 1. The molecule has 0 aliphatic carbocycles. The van der Waals surface area contributed by atoms with Crippen LogP contribution in [0.25, 0.3) is 0 Å². The highest BCUT2D eigenvalue weighted by atomic mass is 35.5. The van der Waals surface area contributed by atoms with Gasteiger partial charge >= 0.3 is 0 Å². The maximum absolute atomic E-state index is 12.3. The molecule has 130 valence electrons. The Morgan fingerprint density at radius 1 is 1.17 bits per heavy atom. The number of aryl methyl sites for hydroxylation is 1. The number of halogens is 1. The summed E-state index contributed by atoms with van der Waals surface area (Å²) in [5, 5.41) is 2.93. The Balaban J connectivity index is 0.00000288. The molecular weight excluding hydrogens is 324 g/mol. The van der Waals surface area contributed by atoms with Crippen LogP contribution in [-0.2, 0) is 6.54 Å². The molecule has 0 spiro atoms. The summed E-state index contributed by atoms with van der Waals surface area (Å²) in [5.74, 6) is 0.706. The number of unbranched alkanes of at least 4 members (excludes halogenated alkanes) is 1. The number of benzene rings is 2. The van der Waals surface area contributed by atoms with E-state index in [0.29, 0.717) is 12.1 Å².